The van der Waals surface area contributed by atoms with E-state index in [9.17, 15) is 14.7 Å². The zero-order chi connectivity index (χ0) is 18.7. The molecule has 3 rings (SSSR count). The largest absolute Gasteiger partial charge is 0.480 e. The minimum atomic E-state index is -1.11. The Balaban J connectivity index is 1.80. The second-order valence-corrected chi connectivity index (χ2v) is 6.35. The van der Waals surface area contributed by atoms with E-state index < -0.39 is 17.9 Å². The number of nitrogens with one attached hydrogen (secondary N) is 2. The van der Waals surface area contributed by atoms with Crippen LogP contribution < -0.4 is 11.1 Å². The van der Waals surface area contributed by atoms with Crippen molar-refractivity contribution >= 4 is 34.4 Å². The van der Waals surface area contributed by atoms with Crippen molar-refractivity contribution in [3.05, 3.63) is 70.4 Å². The number of hydrogen-bond acceptors (Lipinski definition) is 3. The summed E-state index contributed by atoms with van der Waals surface area (Å²) in [7, 11) is 0. The Bertz CT molecular complexity index is 968. The lowest BCUT2D eigenvalue weighted by Gasteiger charge is -2.15. The quantitative estimate of drug-likeness (QED) is 0.534. The van der Waals surface area contributed by atoms with Crippen LogP contribution in [0.25, 0.3) is 10.9 Å². The highest BCUT2D eigenvalue weighted by atomic mass is 35.5. The van der Waals surface area contributed by atoms with E-state index in [0.29, 0.717) is 6.54 Å². The van der Waals surface area contributed by atoms with Crippen LogP contribution in [-0.2, 0) is 17.8 Å². The average Bonchev–Trinajstić information content (AvgIpc) is 3.03. The van der Waals surface area contributed by atoms with Gasteiger partial charge in [-0.3, -0.25) is 4.79 Å². The fourth-order valence-corrected chi connectivity index (χ4v) is 3.12. The lowest BCUT2D eigenvalue weighted by atomic mass is 10.0. The number of carboxylic acid groups (broad SMARTS) is 1. The number of rotatable bonds is 6. The molecule has 26 heavy (non-hydrogen) atoms. The third-order valence-electron chi connectivity index (χ3n) is 4.22. The second kappa shape index (κ2) is 7.59. The Kier molecular flexibility index (Phi) is 5.25. The van der Waals surface area contributed by atoms with Crippen LogP contribution >= 0.6 is 11.6 Å². The highest BCUT2D eigenvalue weighted by Gasteiger charge is 2.23. The Morgan fingerprint density at radius 3 is 2.69 bits per heavy atom. The summed E-state index contributed by atoms with van der Waals surface area (Å²) in [6.07, 6.45) is 1.92. The molecule has 1 aromatic heterocycles. The molecular weight excluding hydrogens is 354 g/mol. The number of para-hydroxylation sites is 1. The molecule has 0 radical (unpaired) electrons. The van der Waals surface area contributed by atoms with E-state index >= 15 is 0 Å². The van der Waals surface area contributed by atoms with Crippen LogP contribution in [-0.4, -0.2) is 28.0 Å². The maximum absolute atomic E-state index is 12.5. The van der Waals surface area contributed by atoms with Crippen molar-refractivity contribution in [2.24, 2.45) is 5.73 Å². The van der Waals surface area contributed by atoms with Crippen LogP contribution in [0.1, 0.15) is 21.5 Å². The molecule has 5 N–H and O–H groups in total. The first-order valence-electron chi connectivity index (χ1n) is 8.06. The third-order valence-corrected chi connectivity index (χ3v) is 4.53. The van der Waals surface area contributed by atoms with Gasteiger partial charge in [-0.25, -0.2) is 4.79 Å². The number of aliphatic carboxylic acids is 1. The van der Waals surface area contributed by atoms with Gasteiger partial charge in [0.15, 0.2) is 0 Å². The van der Waals surface area contributed by atoms with Gasteiger partial charge in [0.2, 0.25) is 0 Å². The summed E-state index contributed by atoms with van der Waals surface area (Å²) in [5.41, 5.74) is 8.29. The number of nitrogens with two attached hydrogens (primary N) is 1. The Morgan fingerprint density at radius 2 is 2.00 bits per heavy atom. The van der Waals surface area contributed by atoms with Crippen molar-refractivity contribution in [3.8, 4) is 0 Å². The first-order chi connectivity index (χ1) is 12.5. The zero-order valence-electron chi connectivity index (χ0n) is 13.8. The number of amides is 1. The zero-order valence-corrected chi connectivity index (χ0v) is 14.6. The van der Waals surface area contributed by atoms with Gasteiger partial charge in [-0.1, -0.05) is 35.9 Å². The number of halogens is 1. The van der Waals surface area contributed by atoms with E-state index in [4.69, 9.17) is 17.3 Å². The molecule has 0 aliphatic heterocycles. The normalized spacial score (nSPS) is 12.1. The molecule has 2 aromatic carbocycles. The average molecular weight is 372 g/mol. The summed E-state index contributed by atoms with van der Waals surface area (Å²) in [5, 5.41) is 13.2. The van der Waals surface area contributed by atoms with Crippen LogP contribution in [0.5, 0.6) is 0 Å². The molecule has 0 aliphatic rings. The van der Waals surface area contributed by atoms with Crippen LogP contribution in [0.3, 0.4) is 0 Å². The molecule has 1 heterocycles. The Morgan fingerprint density at radius 1 is 1.23 bits per heavy atom. The summed E-state index contributed by atoms with van der Waals surface area (Å²) >= 11 is 6.12. The van der Waals surface area contributed by atoms with Crippen LogP contribution in [0.2, 0.25) is 5.02 Å². The molecule has 0 unspecified atom stereocenters. The molecule has 0 spiro atoms. The van der Waals surface area contributed by atoms with E-state index in [1.165, 1.54) is 0 Å². The first-order valence-corrected chi connectivity index (χ1v) is 8.44. The van der Waals surface area contributed by atoms with E-state index in [2.05, 4.69) is 10.3 Å². The maximum Gasteiger partial charge on any atom is 0.326 e. The smallest absolute Gasteiger partial charge is 0.326 e. The molecular formula is C19H18ClN3O3. The fraction of sp³-hybridized carbons (Fsp3) is 0.158. The second-order valence-electron chi connectivity index (χ2n) is 5.95. The minimum absolute atomic E-state index is 0.156. The molecule has 7 heteroatoms. The molecule has 0 fully saturated rings. The number of H-pyrrole nitrogens is 1. The Labute approximate surface area is 155 Å². The van der Waals surface area contributed by atoms with E-state index in [0.717, 1.165) is 22.0 Å². The molecule has 0 aliphatic carbocycles. The van der Waals surface area contributed by atoms with Gasteiger partial charge in [-0.15, -0.1) is 0 Å². The Hall–Kier alpha value is -2.83. The number of benzene rings is 2. The van der Waals surface area contributed by atoms with Crippen LogP contribution in [0, 0.1) is 0 Å². The van der Waals surface area contributed by atoms with Gasteiger partial charge in [0.1, 0.15) is 6.04 Å². The highest BCUT2D eigenvalue weighted by molar-refractivity contribution is 6.34. The molecule has 3 aromatic rings. The van der Waals surface area contributed by atoms with E-state index in [-0.39, 0.29) is 17.0 Å². The molecule has 134 valence electrons. The molecule has 0 saturated heterocycles. The maximum atomic E-state index is 12.5. The number of fused-ring (bicyclic) bond motifs is 1. The predicted octanol–water partition coefficient (Wildman–Crippen LogP) is 2.71. The number of carbonyl (C=O) groups is 2. The van der Waals surface area contributed by atoms with Crippen molar-refractivity contribution in [2.75, 3.05) is 0 Å². The van der Waals surface area contributed by atoms with E-state index in [1.54, 1.807) is 24.4 Å². The number of hydrogen-bond donors (Lipinski definition) is 4. The first kappa shape index (κ1) is 18.0. The standard InChI is InChI=1S/C19H18ClN3O3/c20-15-7-11(9-21)5-6-14(15)18(24)23-17(19(25)26)8-12-10-22-16-4-2-1-3-13(12)16/h1-7,10,17,22H,8-9,21H2,(H,23,24)(H,25,26)/t17-/m0/s1. The summed E-state index contributed by atoms with van der Waals surface area (Å²) in [6, 6.07) is 11.4. The summed E-state index contributed by atoms with van der Waals surface area (Å²) < 4.78 is 0. The molecule has 1 atom stereocenters. The van der Waals surface area contributed by atoms with Gasteiger partial charge in [-0.2, -0.15) is 0 Å². The van der Waals surface area contributed by atoms with Crippen LogP contribution in [0.15, 0.2) is 48.7 Å². The lowest BCUT2D eigenvalue weighted by molar-refractivity contribution is -0.139. The third kappa shape index (κ3) is 3.71. The number of aromatic amines is 1. The van der Waals surface area contributed by atoms with Gasteiger partial charge in [0, 0.05) is 30.1 Å². The molecule has 6 nitrogen and oxygen atoms in total. The van der Waals surface area contributed by atoms with Crippen molar-refractivity contribution in [1.82, 2.24) is 10.3 Å². The summed E-state index contributed by atoms with van der Waals surface area (Å²) in [6.45, 7) is 0.305. The number of aromatic nitrogens is 1. The monoisotopic (exact) mass is 371 g/mol. The lowest BCUT2D eigenvalue weighted by Crippen LogP contribution is -2.42. The number of carbonyl (C=O) groups excluding carboxylic acids is 1. The summed E-state index contributed by atoms with van der Waals surface area (Å²) in [5.74, 6) is -1.65. The molecule has 1 amide bonds. The molecule has 0 saturated carbocycles. The van der Waals surface area contributed by atoms with Crippen molar-refractivity contribution in [2.45, 2.75) is 19.0 Å². The van der Waals surface area contributed by atoms with E-state index in [1.807, 2.05) is 24.3 Å². The summed E-state index contributed by atoms with van der Waals surface area (Å²) in [4.78, 5) is 27.2. The van der Waals surface area contributed by atoms with Crippen molar-refractivity contribution in [3.63, 3.8) is 0 Å². The fourth-order valence-electron chi connectivity index (χ4n) is 2.83. The highest BCUT2D eigenvalue weighted by Crippen LogP contribution is 2.21. The van der Waals surface area contributed by atoms with Gasteiger partial charge in [0.05, 0.1) is 10.6 Å². The van der Waals surface area contributed by atoms with Gasteiger partial charge >= 0.3 is 5.97 Å². The van der Waals surface area contributed by atoms with Crippen molar-refractivity contribution in [1.29, 1.82) is 0 Å². The minimum Gasteiger partial charge on any atom is -0.480 e. The van der Waals surface area contributed by atoms with Gasteiger partial charge in [-0.05, 0) is 29.3 Å². The molecule has 0 bridgehead atoms. The number of carboxylic acids is 1. The van der Waals surface area contributed by atoms with Crippen LogP contribution in [0.4, 0.5) is 0 Å². The van der Waals surface area contributed by atoms with Gasteiger partial charge in [0.25, 0.3) is 5.91 Å². The predicted molar refractivity (Wildman–Crippen MR) is 100 cm³/mol. The van der Waals surface area contributed by atoms with Crippen molar-refractivity contribution < 1.29 is 14.7 Å². The topological polar surface area (TPSA) is 108 Å². The SMILES string of the molecule is NCc1ccc(C(=O)N[C@@H](Cc2c[nH]c3ccccc23)C(=O)O)c(Cl)c1. The van der Waals surface area contributed by atoms with Gasteiger partial charge < -0.3 is 21.1 Å².